The molecule has 1 aromatic heterocycles. The third-order valence-electron chi connectivity index (χ3n) is 5.72. The third kappa shape index (κ3) is 3.38. The second-order valence-corrected chi connectivity index (χ2v) is 7.85. The average Bonchev–Trinajstić information content (AvgIpc) is 2.94. The average molecular weight is 402 g/mol. The van der Waals surface area contributed by atoms with Gasteiger partial charge in [-0.05, 0) is 49.5 Å². The van der Waals surface area contributed by atoms with Crippen LogP contribution in [0.3, 0.4) is 0 Å². The third-order valence-corrected chi connectivity index (χ3v) is 6.00. The standard InChI is InChI=1S/C20H24ClN5O2/c21-16-9-14(13-1-3-22-4-2-13)10-17-18(16)28-11-15-19(25-17)23-12-24-20(15)26-5-7-27-8-6-26/h9-10,12-13,22H,1-8,11H2,(H,23,24,25). The van der Waals surface area contributed by atoms with Gasteiger partial charge >= 0.3 is 0 Å². The van der Waals surface area contributed by atoms with Crippen molar-refractivity contribution in [1.82, 2.24) is 15.3 Å². The van der Waals surface area contributed by atoms with E-state index in [-0.39, 0.29) is 0 Å². The van der Waals surface area contributed by atoms with Gasteiger partial charge in [-0.25, -0.2) is 9.97 Å². The fourth-order valence-corrected chi connectivity index (χ4v) is 4.49. The summed E-state index contributed by atoms with van der Waals surface area (Å²) in [5.41, 5.74) is 3.10. The van der Waals surface area contributed by atoms with Crippen molar-refractivity contribution < 1.29 is 9.47 Å². The van der Waals surface area contributed by atoms with E-state index in [0.717, 1.165) is 61.9 Å². The molecule has 2 aromatic rings. The number of ether oxygens (including phenoxy) is 2. The summed E-state index contributed by atoms with van der Waals surface area (Å²) < 4.78 is 11.6. The summed E-state index contributed by atoms with van der Waals surface area (Å²) in [4.78, 5) is 11.3. The van der Waals surface area contributed by atoms with Crippen LogP contribution < -0.4 is 20.3 Å². The minimum Gasteiger partial charge on any atom is -0.485 e. The fourth-order valence-electron chi connectivity index (χ4n) is 4.21. The number of piperidine rings is 1. The van der Waals surface area contributed by atoms with Gasteiger partial charge in [-0.3, -0.25) is 0 Å². The molecule has 0 bridgehead atoms. The first-order valence-electron chi connectivity index (χ1n) is 9.90. The molecule has 0 aliphatic carbocycles. The molecule has 5 rings (SSSR count). The number of nitrogens with one attached hydrogen (secondary N) is 2. The first-order chi connectivity index (χ1) is 13.8. The van der Waals surface area contributed by atoms with Gasteiger partial charge < -0.3 is 25.0 Å². The SMILES string of the molecule is Clc1cc(C2CCNCC2)cc2c1OCc1c(ncnc1N1CCOCC1)N2. The lowest BCUT2D eigenvalue weighted by atomic mass is 9.90. The summed E-state index contributed by atoms with van der Waals surface area (Å²) in [7, 11) is 0. The Kier molecular flexibility index (Phi) is 4.96. The molecule has 148 valence electrons. The Morgan fingerprint density at radius 2 is 1.93 bits per heavy atom. The van der Waals surface area contributed by atoms with E-state index in [4.69, 9.17) is 21.1 Å². The van der Waals surface area contributed by atoms with Crippen molar-refractivity contribution in [2.45, 2.75) is 25.4 Å². The van der Waals surface area contributed by atoms with Crippen molar-refractivity contribution in [1.29, 1.82) is 0 Å². The molecule has 3 aliphatic rings. The van der Waals surface area contributed by atoms with Crippen molar-refractivity contribution in [2.24, 2.45) is 0 Å². The highest BCUT2D eigenvalue weighted by molar-refractivity contribution is 6.32. The number of aromatic nitrogens is 2. The summed E-state index contributed by atoms with van der Waals surface area (Å²) in [6.07, 6.45) is 3.85. The molecule has 2 fully saturated rings. The molecule has 0 spiro atoms. The molecular formula is C20H24ClN5O2. The zero-order valence-electron chi connectivity index (χ0n) is 15.7. The van der Waals surface area contributed by atoms with Crippen molar-refractivity contribution in [2.75, 3.05) is 49.6 Å². The number of hydrogen-bond acceptors (Lipinski definition) is 7. The highest BCUT2D eigenvalue weighted by Crippen LogP contribution is 2.43. The highest BCUT2D eigenvalue weighted by atomic mass is 35.5. The van der Waals surface area contributed by atoms with Gasteiger partial charge in [-0.1, -0.05) is 11.6 Å². The molecule has 0 saturated carbocycles. The Morgan fingerprint density at radius 3 is 2.75 bits per heavy atom. The van der Waals surface area contributed by atoms with Crippen molar-refractivity contribution >= 4 is 28.9 Å². The van der Waals surface area contributed by atoms with Crippen molar-refractivity contribution in [3.63, 3.8) is 0 Å². The fraction of sp³-hybridized carbons (Fsp3) is 0.500. The summed E-state index contributed by atoms with van der Waals surface area (Å²) >= 11 is 6.63. The topological polar surface area (TPSA) is 71.5 Å². The van der Waals surface area contributed by atoms with E-state index >= 15 is 0 Å². The number of benzene rings is 1. The van der Waals surface area contributed by atoms with Crippen LogP contribution in [0.4, 0.5) is 17.3 Å². The molecule has 0 atom stereocenters. The number of morpholine rings is 1. The van der Waals surface area contributed by atoms with Crippen LogP contribution in [0.5, 0.6) is 5.75 Å². The summed E-state index contributed by atoms with van der Waals surface area (Å²) in [6, 6.07) is 4.23. The lowest BCUT2D eigenvalue weighted by molar-refractivity contribution is 0.122. The number of fused-ring (bicyclic) bond motifs is 2. The quantitative estimate of drug-likeness (QED) is 0.801. The molecule has 2 N–H and O–H groups in total. The molecule has 2 saturated heterocycles. The maximum atomic E-state index is 6.63. The van der Waals surface area contributed by atoms with Gasteiger partial charge in [0.05, 0.1) is 29.5 Å². The number of nitrogens with zero attached hydrogens (tertiary/aromatic N) is 3. The largest absolute Gasteiger partial charge is 0.485 e. The molecule has 7 nitrogen and oxygen atoms in total. The molecule has 0 unspecified atom stereocenters. The van der Waals surface area contributed by atoms with Gasteiger partial charge in [-0.2, -0.15) is 0 Å². The second kappa shape index (κ2) is 7.73. The summed E-state index contributed by atoms with van der Waals surface area (Å²) in [5.74, 6) is 2.89. The van der Waals surface area contributed by atoms with E-state index in [9.17, 15) is 0 Å². The molecular weight excluding hydrogens is 378 g/mol. The Labute approximate surface area is 169 Å². The van der Waals surface area contributed by atoms with Crippen LogP contribution in [0.25, 0.3) is 0 Å². The summed E-state index contributed by atoms with van der Waals surface area (Å²) in [5, 5.41) is 7.53. The van der Waals surface area contributed by atoms with Crippen LogP contribution >= 0.6 is 11.6 Å². The van der Waals surface area contributed by atoms with Crippen LogP contribution in [0, 0.1) is 0 Å². The smallest absolute Gasteiger partial charge is 0.161 e. The number of anilines is 3. The molecule has 1 aromatic carbocycles. The normalized spacial score (nSPS) is 19.8. The molecule has 0 radical (unpaired) electrons. The number of hydrogen-bond donors (Lipinski definition) is 2. The van der Waals surface area contributed by atoms with Gasteiger partial charge in [0.25, 0.3) is 0 Å². The number of halogens is 1. The van der Waals surface area contributed by atoms with Crippen LogP contribution in [0.1, 0.15) is 29.9 Å². The molecule has 8 heteroatoms. The summed E-state index contributed by atoms with van der Waals surface area (Å²) in [6.45, 7) is 5.52. The van der Waals surface area contributed by atoms with E-state index in [2.05, 4.69) is 37.6 Å². The van der Waals surface area contributed by atoms with E-state index in [1.165, 1.54) is 5.56 Å². The van der Waals surface area contributed by atoms with E-state index in [1.807, 2.05) is 0 Å². The van der Waals surface area contributed by atoms with Crippen LogP contribution in [0.15, 0.2) is 18.5 Å². The second-order valence-electron chi connectivity index (χ2n) is 7.44. The highest BCUT2D eigenvalue weighted by Gasteiger charge is 2.26. The Hall–Kier alpha value is -2.09. The maximum Gasteiger partial charge on any atom is 0.161 e. The van der Waals surface area contributed by atoms with Crippen LogP contribution in [-0.4, -0.2) is 49.4 Å². The predicted molar refractivity (Wildman–Crippen MR) is 109 cm³/mol. The minimum atomic E-state index is 0.384. The van der Waals surface area contributed by atoms with Crippen molar-refractivity contribution in [3.8, 4) is 5.75 Å². The van der Waals surface area contributed by atoms with Gasteiger partial charge in [0.15, 0.2) is 5.75 Å². The Morgan fingerprint density at radius 1 is 1.11 bits per heavy atom. The zero-order valence-corrected chi connectivity index (χ0v) is 16.5. The minimum absolute atomic E-state index is 0.384. The van der Waals surface area contributed by atoms with Crippen LogP contribution in [0.2, 0.25) is 5.02 Å². The first-order valence-corrected chi connectivity index (χ1v) is 10.3. The molecule has 3 aliphatic heterocycles. The molecule has 28 heavy (non-hydrogen) atoms. The van der Waals surface area contributed by atoms with E-state index in [1.54, 1.807) is 6.33 Å². The van der Waals surface area contributed by atoms with Gasteiger partial charge in [0.1, 0.15) is 24.6 Å². The molecule has 0 amide bonds. The van der Waals surface area contributed by atoms with Gasteiger partial charge in [0, 0.05) is 13.1 Å². The lowest BCUT2D eigenvalue weighted by Crippen LogP contribution is -2.37. The maximum absolute atomic E-state index is 6.63. The monoisotopic (exact) mass is 401 g/mol. The first kappa shape index (κ1) is 18.0. The van der Waals surface area contributed by atoms with Gasteiger partial charge in [0.2, 0.25) is 0 Å². The van der Waals surface area contributed by atoms with E-state index in [0.29, 0.717) is 36.5 Å². The van der Waals surface area contributed by atoms with E-state index < -0.39 is 0 Å². The Balaban J connectivity index is 1.49. The van der Waals surface area contributed by atoms with Crippen molar-refractivity contribution in [3.05, 3.63) is 34.6 Å². The van der Waals surface area contributed by atoms with Gasteiger partial charge in [-0.15, -0.1) is 0 Å². The number of rotatable bonds is 2. The zero-order chi connectivity index (χ0) is 18.9. The Bertz CT molecular complexity index is 866. The van der Waals surface area contributed by atoms with Crippen LogP contribution in [-0.2, 0) is 11.3 Å². The molecule has 4 heterocycles. The lowest BCUT2D eigenvalue weighted by Gasteiger charge is -2.29. The predicted octanol–water partition coefficient (Wildman–Crippen LogP) is 3.07.